The number of nitrogens with one attached hydrogen (secondary N) is 1. The van der Waals surface area contributed by atoms with Gasteiger partial charge in [-0.15, -0.1) is 0 Å². The van der Waals surface area contributed by atoms with Crippen molar-refractivity contribution in [2.24, 2.45) is 0 Å². The van der Waals surface area contributed by atoms with E-state index in [4.69, 9.17) is 19.5 Å². The number of benzene rings is 1. The van der Waals surface area contributed by atoms with Crippen molar-refractivity contribution in [3.8, 4) is 23.3 Å². The number of methoxy groups -OCH3 is 3. The molecule has 0 aliphatic heterocycles. The summed E-state index contributed by atoms with van der Waals surface area (Å²) in [5.74, 6) is 2.12. The standard InChI is InChI=1S/C14H20N2O3/c1-17-12-10-14(19-3)13(18-2)9-11(12)5-8-16-7-4-6-15/h9-10,16H,4-5,7-8H2,1-3H3. The minimum absolute atomic E-state index is 0.517. The van der Waals surface area contributed by atoms with Gasteiger partial charge in [0.15, 0.2) is 11.5 Å². The summed E-state index contributed by atoms with van der Waals surface area (Å²) >= 11 is 0. The van der Waals surface area contributed by atoms with Crippen molar-refractivity contribution in [3.05, 3.63) is 17.7 Å². The third-order valence-corrected chi connectivity index (χ3v) is 2.77. The van der Waals surface area contributed by atoms with Crippen molar-refractivity contribution in [2.45, 2.75) is 12.8 Å². The van der Waals surface area contributed by atoms with Gasteiger partial charge >= 0.3 is 0 Å². The van der Waals surface area contributed by atoms with Crippen LogP contribution in [0.3, 0.4) is 0 Å². The molecule has 5 heteroatoms. The Kier molecular flexibility index (Phi) is 6.55. The molecule has 0 atom stereocenters. The number of nitrogens with zero attached hydrogens (tertiary/aromatic N) is 1. The fourth-order valence-corrected chi connectivity index (χ4v) is 1.78. The van der Waals surface area contributed by atoms with Gasteiger partial charge in [0.25, 0.3) is 0 Å². The fourth-order valence-electron chi connectivity index (χ4n) is 1.78. The van der Waals surface area contributed by atoms with E-state index in [1.54, 1.807) is 21.3 Å². The molecule has 19 heavy (non-hydrogen) atoms. The van der Waals surface area contributed by atoms with Crippen LogP contribution in [0.2, 0.25) is 0 Å². The summed E-state index contributed by atoms with van der Waals surface area (Å²) in [6, 6.07) is 5.84. The first-order chi connectivity index (χ1) is 9.26. The maximum Gasteiger partial charge on any atom is 0.164 e. The Labute approximate surface area is 114 Å². The van der Waals surface area contributed by atoms with Crippen LogP contribution in [0.25, 0.3) is 0 Å². The van der Waals surface area contributed by atoms with Crippen LogP contribution in [0, 0.1) is 11.3 Å². The van der Waals surface area contributed by atoms with Gasteiger partial charge in [0.1, 0.15) is 5.75 Å². The van der Waals surface area contributed by atoms with E-state index < -0.39 is 0 Å². The highest BCUT2D eigenvalue weighted by molar-refractivity contribution is 5.50. The van der Waals surface area contributed by atoms with Crippen molar-refractivity contribution in [1.29, 1.82) is 5.26 Å². The second-order valence-corrected chi connectivity index (χ2v) is 3.93. The molecule has 1 rings (SSSR count). The van der Waals surface area contributed by atoms with Gasteiger partial charge in [0.2, 0.25) is 0 Å². The Morgan fingerprint density at radius 3 is 2.21 bits per heavy atom. The first kappa shape index (κ1) is 15.1. The van der Waals surface area contributed by atoms with Crippen molar-refractivity contribution in [3.63, 3.8) is 0 Å². The van der Waals surface area contributed by atoms with Crippen LogP contribution in [-0.4, -0.2) is 34.4 Å². The molecule has 0 heterocycles. The first-order valence-electron chi connectivity index (χ1n) is 6.13. The lowest BCUT2D eigenvalue weighted by molar-refractivity contribution is 0.347. The Morgan fingerprint density at radius 1 is 1.00 bits per heavy atom. The average Bonchev–Trinajstić information content (AvgIpc) is 2.46. The molecular weight excluding hydrogens is 244 g/mol. The predicted molar refractivity (Wildman–Crippen MR) is 72.9 cm³/mol. The number of hydrogen-bond donors (Lipinski definition) is 1. The molecule has 0 aliphatic carbocycles. The van der Waals surface area contributed by atoms with Gasteiger partial charge < -0.3 is 19.5 Å². The zero-order chi connectivity index (χ0) is 14.1. The highest BCUT2D eigenvalue weighted by Crippen LogP contribution is 2.34. The van der Waals surface area contributed by atoms with Crippen LogP contribution >= 0.6 is 0 Å². The molecule has 0 saturated carbocycles. The quantitative estimate of drug-likeness (QED) is 0.725. The predicted octanol–water partition coefficient (Wildman–Crippen LogP) is 1.76. The Balaban J connectivity index is 2.73. The maximum atomic E-state index is 8.45. The SMILES string of the molecule is COc1cc(OC)c(OC)cc1CCNCCC#N. The molecule has 1 aromatic rings. The molecule has 0 bridgehead atoms. The smallest absolute Gasteiger partial charge is 0.164 e. The monoisotopic (exact) mass is 264 g/mol. The molecule has 1 aromatic carbocycles. The molecule has 0 aromatic heterocycles. The van der Waals surface area contributed by atoms with Crippen LogP contribution < -0.4 is 19.5 Å². The molecular formula is C14H20N2O3. The van der Waals surface area contributed by atoms with Gasteiger partial charge in [-0.2, -0.15) is 5.26 Å². The molecule has 104 valence electrons. The molecule has 0 saturated heterocycles. The second kappa shape index (κ2) is 8.22. The van der Waals surface area contributed by atoms with Crippen LogP contribution in [0.5, 0.6) is 17.2 Å². The lowest BCUT2D eigenvalue weighted by atomic mass is 10.1. The number of nitriles is 1. The van der Waals surface area contributed by atoms with Crippen LogP contribution in [0.15, 0.2) is 12.1 Å². The van der Waals surface area contributed by atoms with Crippen LogP contribution in [0.1, 0.15) is 12.0 Å². The summed E-state index contributed by atoms with van der Waals surface area (Å²) in [4.78, 5) is 0. The van der Waals surface area contributed by atoms with E-state index in [2.05, 4.69) is 11.4 Å². The largest absolute Gasteiger partial charge is 0.496 e. The maximum absolute atomic E-state index is 8.45. The van der Waals surface area contributed by atoms with E-state index in [0.29, 0.717) is 24.5 Å². The summed E-state index contributed by atoms with van der Waals surface area (Å²) in [6.07, 6.45) is 1.32. The molecule has 0 fully saturated rings. The average molecular weight is 264 g/mol. The van der Waals surface area contributed by atoms with Crippen molar-refractivity contribution in [1.82, 2.24) is 5.32 Å². The Hall–Kier alpha value is -1.93. The third-order valence-electron chi connectivity index (χ3n) is 2.77. The summed E-state index contributed by atoms with van der Waals surface area (Å²) < 4.78 is 15.9. The summed E-state index contributed by atoms with van der Waals surface area (Å²) in [6.45, 7) is 1.49. The van der Waals surface area contributed by atoms with E-state index in [-0.39, 0.29) is 0 Å². The molecule has 0 aliphatic rings. The topological polar surface area (TPSA) is 63.5 Å². The van der Waals surface area contributed by atoms with Gasteiger partial charge in [-0.3, -0.25) is 0 Å². The van der Waals surface area contributed by atoms with Gasteiger partial charge in [-0.1, -0.05) is 0 Å². The second-order valence-electron chi connectivity index (χ2n) is 3.93. The lowest BCUT2D eigenvalue weighted by Gasteiger charge is -2.14. The van der Waals surface area contributed by atoms with E-state index in [0.717, 1.165) is 24.3 Å². The molecule has 0 unspecified atom stereocenters. The van der Waals surface area contributed by atoms with Crippen molar-refractivity contribution in [2.75, 3.05) is 34.4 Å². The lowest BCUT2D eigenvalue weighted by Crippen LogP contribution is -2.18. The highest BCUT2D eigenvalue weighted by Gasteiger charge is 2.11. The summed E-state index contributed by atoms with van der Waals surface area (Å²) in [5, 5.41) is 11.7. The third kappa shape index (κ3) is 4.34. The van der Waals surface area contributed by atoms with E-state index in [1.165, 1.54) is 0 Å². The van der Waals surface area contributed by atoms with Gasteiger partial charge in [0, 0.05) is 19.0 Å². The van der Waals surface area contributed by atoms with E-state index in [9.17, 15) is 0 Å². The summed E-state index contributed by atoms with van der Waals surface area (Å²) in [7, 11) is 4.84. The van der Waals surface area contributed by atoms with Gasteiger partial charge in [-0.25, -0.2) is 0 Å². The van der Waals surface area contributed by atoms with Crippen molar-refractivity contribution >= 4 is 0 Å². The molecule has 0 amide bonds. The first-order valence-corrected chi connectivity index (χ1v) is 6.13. The Morgan fingerprint density at radius 2 is 1.63 bits per heavy atom. The summed E-state index contributed by atoms with van der Waals surface area (Å²) in [5.41, 5.74) is 1.05. The van der Waals surface area contributed by atoms with Crippen molar-refractivity contribution < 1.29 is 14.2 Å². The number of rotatable bonds is 8. The van der Waals surface area contributed by atoms with Crippen LogP contribution in [0.4, 0.5) is 0 Å². The zero-order valence-electron chi connectivity index (χ0n) is 11.7. The zero-order valence-corrected chi connectivity index (χ0v) is 11.7. The molecule has 0 spiro atoms. The number of hydrogen-bond acceptors (Lipinski definition) is 5. The highest BCUT2D eigenvalue weighted by atomic mass is 16.5. The molecule has 5 nitrogen and oxygen atoms in total. The minimum atomic E-state index is 0.517. The Bertz CT molecular complexity index is 441. The molecule has 0 radical (unpaired) electrons. The van der Waals surface area contributed by atoms with Gasteiger partial charge in [-0.05, 0) is 24.6 Å². The van der Waals surface area contributed by atoms with Gasteiger partial charge in [0.05, 0.1) is 27.4 Å². The van der Waals surface area contributed by atoms with Crippen LogP contribution in [-0.2, 0) is 6.42 Å². The molecule has 1 N–H and O–H groups in total. The van der Waals surface area contributed by atoms with E-state index in [1.807, 2.05) is 12.1 Å². The fraction of sp³-hybridized carbons (Fsp3) is 0.500. The number of ether oxygens (including phenoxy) is 3. The normalized spacial score (nSPS) is 9.79. The van der Waals surface area contributed by atoms with E-state index >= 15 is 0 Å². The minimum Gasteiger partial charge on any atom is -0.496 e.